The number of nitrogen functional groups attached to an aromatic ring is 1. The van der Waals surface area contributed by atoms with Crippen molar-refractivity contribution in [1.29, 1.82) is 0 Å². The molecule has 0 aliphatic carbocycles. The average Bonchev–Trinajstić information content (AvgIpc) is 2.33. The predicted octanol–water partition coefficient (Wildman–Crippen LogP) is 4.25. The molecule has 100 valence electrons. The Bertz CT molecular complexity index is 590. The van der Waals surface area contributed by atoms with E-state index in [2.05, 4.69) is 0 Å². The van der Waals surface area contributed by atoms with Gasteiger partial charge in [0.05, 0.1) is 11.6 Å². The number of hydrogen-bond donors (Lipinski definition) is 1. The molecule has 19 heavy (non-hydrogen) atoms. The lowest BCUT2D eigenvalue weighted by Crippen LogP contribution is -1.95. The van der Waals surface area contributed by atoms with Crippen molar-refractivity contribution in [3.05, 3.63) is 47.2 Å². The van der Waals surface area contributed by atoms with Crippen LogP contribution in [-0.2, 0) is 0 Å². The Hall–Kier alpha value is -1.94. The Balaban J connectivity index is 2.24. The van der Waals surface area contributed by atoms with Gasteiger partial charge in [-0.05, 0) is 19.1 Å². The molecular formula is C14H13ClFNO2. The standard InChI is InChI=1S/C14H13ClFNO2/c1-2-18-11-5-9(17)6-12(7-11)19-10-3-4-13(15)14(16)8-10/h3-8H,2,17H2,1H3. The Morgan fingerprint density at radius 2 is 1.84 bits per heavy atom. The molecule has 5 heteroatoms. The quantitative estimate of drug-likeness (QED) is 0.852. The van der Waals surface area contributed by atoms with Crippen LogP contribution in [0.2, 0.25) is 5.02 Å². The van der Waals surface area contributed by atoms with Crippen molar-refractivity contribution in [2.24, 2.45) is 0 Å². The van der Waals surface area contributed by atoms with Crippen molar-refractivity contribution in [1.82, 2.24) is 0 Å². The van der Waals surface area contributed by atoms with Crippen LogP contribution in [0.1, 0.15) is 6.92 Å². The summed E-state index contributed by atoms with van der Waals surface area (Å²) < 4.78 is 24.2. The fourth-order valence-electron chi connectivity index (χ4n) is 1.58. The van der Waals surface area contributed by atoms with E-state index in [9.17, 15) is 4.39 Å². The van der Waals surface area contributed by atoms with Crippen LogP contribution < -0.4 is 15.2 Å². The average molecular weight is 282 g/mol. The van der Waals surface area contributed by atoms with Gasteiger partial charge in [0.1, 0.15) is 23.1 Å². The molecule has 0 fully saturated rings. The third-order valence-corrected chi connectivity index (χ3v) is 2.65. The minimum Gasteiger partial charge on any atom is -0.494 e. The molecule has 0 saturated carbocycles. The molecule has 2 N–H and O–H groups in total. The number of ether oxygens (including phenoxy) is 2. The summed E-state index contributed by atoms with van der Waals surface area (Å²) in [7, 11) is 0. The zero-order valence-corrected chi connectivity index (χ0v) is 11.1. The van der Waals surface area contributed by atoms with Gasteiger partial charge in [-0.15, -0.1) is 0 Å². The predicted molar refractivity (Wildman–Crippen MR) is 73.5 cm³/mol. The number of anilines is 1. The first-order valence-electron chi connectivity index (χ1n) is 5.74. The highest BCUT2D eigenvalue weighted by molar-refractivity contribution is 6.30. The van der Waals surface area contributed by atoms with Crippen molar-refractivity contribution in [2.45, 2.75) is 6.92 Å². The summed E-state index contributed by atoms with van der Waals surface area (Å²) in [6.45, 7) is 2.40. The largest absolute Gasteiger partial charge is 0.494 e. The molecule has 0 aliphatic rings. The maximum Gasteiger partial charge on any atom is 0.145 e. The van der Waals surface area contributed by atoms with Crippen LogP contribution >= 0.6 is 11.6 Å². The van der Waals surface area contributed by atoms with Crippen molar-refractivity contribution >= 4 is 17.3 Å². The Kier molecular flexibility index (Phi) is 4.12. The van der Waals surface area contributed by atoms with E-state index in [1.54, 1.807) is 24.3 Å². The number of nitrogens with two attached hydrogens (primary N) is 1. The molecule has 0 amide bonds. The molecule has 0 aromatic heterocycles. The highest BCUT2D eigenvalue weighted by Crippen LogP contribution is 2.30. The van der Waals surface area contributed by atoms with Gasteiger partial charge in [-0.2, -0.15) is 0 Å². The second-order valence-electron chi connectivity index (χ2n) is 3.85. The maximum absolute atomic E-state index is 13.3. The van der Waals surface area contributed by atoms with E-state index in [1.807, 2.05) is 6.92 Å². The highest BCUT2D eigenvalue weighted by atomic mass is 35.5. The van der Waals surface area contributed by atoms with Gasteiger partial charge in [-0.1, -0.05) is 11.6 Å². The molecule has 0 aliphatic heterocycles. The zero-order valence-electron chi connectivity index (χ0n) is 10.3. The first-order chi connectivity index (χ1) is 9.08. The van der Waals surface area contributed by atoms with Crippen LogP contribution in [0.15, 0.2) is 36.4 Å². The smallest absolute Gasteiger partial charge is 0.145 e. The molecule has 0 unspecified atom stereocenters. The summed E-state index contributed by atoms with van der Waals surface area (Å²) in [6, 6.07) is 9.24. The molecule has 2 aromatic carbocycles. The van der Waals surface area contributed by atoms with Gasteiger partial charge in [0, 0.05) is 30.0 Å². The summed E-state index contributed by atoms with van der Waals surface area (Å²) in [5.74, 6) is 0.889. The number of hydrogen-bond acceptors (Lipinski definition) is 3. The summed E-state index contributed by atoms with van der Waals surface area (Å²) >= 11 is 5.60. The van der Waals surface area contributed by atoms with Crippen LogP contribution in [0.3, 0.4) is 0 Å². The van der Waals surface area contributed by atoms with Crippen molar-refractivity contribution < 1.29 is 13.9 Å². The molecule has 0 bridgehead atoms. The summed E-state index contributed by atoms with van der Waals surface area (Å²) in [5, 5.41) is 0.0509. The molecule has 0 radical (unpaired) electrons. The van der Waals surface area contributed by atoms with Crippen LogP contribution in [-0.4, -0.2) is 6.61 Å². The number of benzene rings is 2. The van der Waals surface area contributed by atoms with E-state index in [-0.39, 0.29) is 5.02 Å². The monoisotopic (exact) mass is 281 g/mol. The van der Waals surface area contributed by atoms with Crippen molar-refractivity contribution in [3.63, 3.8) is 0 Å². The molecule has 2 rings (SSSR count). The molecule has 0 atom stereocenters. The molecular weight excluding hydrogens is 269 g/mol. The van der Waals surface area contributed by atoms with E-state index in [1.165, 1.54) is 12.1 Å². The molecule has 0 heterocycles. The second kappa shape index (κ2) is 5.80. The minimum atomic E-state index is -0.534. The molecule has 3 nitrogen and oxygen atoms in total. The van der Waals surface area contributed by atoms with Crippen LogP contribution in [0, 0.1) is 5.82 Å². The molecule has 2 aromatic rings. The van der Waals surface area contributed by atoms with E-state index in [0.29, 0.717) is 29.5 Å². The Labute approximate surface area is 115 Å². The van der Waals surface area contributed by atoms with Crippen LogP contribution in [0.25, 0.3) is 0 Å². The summed E-state index contributed by atoms with van der Waals surface area (Å²) in [5.41, 5.74) is 6.25. The number of halogens is 2. The van der Waals surface area contributed by atoms with E-state index >= 15 is 0 Å². The fourth-order valence-corrected chi connectivity index (χ4v) is 1.70. The third kappa shape index (κ3) is 3.51. The summed E-state index contributed by atoms with van der Waals surface area (Å²) in [6.07, 6.45) is 0. The normalized spacial score (nSPS) is 10.3. The topological polar surface area (TPSA) is 44.5 Å². The van der Waals surface area contributed by atoms with Gasteiger partial charge in [0.15, 0.2) is 0 Å². The van der Waals surface area contributed by atoms with Crippen molar-refractivity contribution in [3.8, 4) is 17.2 Å². The van der Waals surface area contributed by atoms with Gasteiger partial charge in [0.2, 0.25) is 0 Å². The third-order valence-electron chi connectivity index (χ3n) is 2.34. The Morgan fingerprint density at radius 1 is 1.11 bits per heavy atom. The lowest BCUT2D eigenvalue weighted by molar-refractivity contribution is 0.338. The number of rotatable bonds is 4. The molecule has 0 spiro atoms. The lowest BCUT2D eigenvalue weighted by Gasteiger charge is -2.10. The van der Waals surface area contributed by atoms with Gasteiger partial charge in [-0.3, -0.25) is 0 Å². The minimum absolute atomic E-state index is 0.0509. The fraction of sp³-hybridized carbons (Fsp3) is 0.143. The van der Waals surface area contributed by atoms with E-state index in [4.69, 9.17) is 26.8 Å². The van der Waals surface area contributed by atoms with Crippen LogP contribution in [0.5, 0.6) is 17.2 Å². The molecule has 0 saturated heterocycles. The second-order valence-corrected chi connectivity index (χ2v) is 4.26. The van der Waals surface area contributed by atoms with Gasteiger partial charge in [0.25, 0.3) is 0 Å². The van der Waals surface area contributed by atoms with Crippen LogP contribution in [0.4, 0.5) is 10.1 Å². The first-order valence-corrected chi connectivity index (χ1v) is 6.12. The zero-order chi connectivity index (χ0) is 13.8. The van der Waals surface area contributed by atoms with Gasteiger partial charge < -0.3 is 15.2 Å². The van der Waals surface area contributed by atoms with Crippen molar-refractivity contribution in [2.75, 3.05) is 12.3 Å². The van der Waals surface area contributed by atoms with E-state index in [0.717, 1.165) is 0 Å². The van der Waals surface area contributed by atoms with Gasteiger partial charge in [-0.25, -0.2) is 4.39 Å². The highest BCUT2D eigenvalue weighted by Gasteiger charge is 2.05. The SMILES string of the molecule is CCOc1cc(N)cc(Oc2ccc(Cl)c(F)c2)c1. The summed E-state index contributed by atoms with van der Waals surface area (Å²) in [4.78, 5) is 0. The Morgan fingerprint density at radius 3 is 2.53 bits per heavy atom. The first kappa shape index (κ1) is 13.5. The van der Waals surface area contributed by atoms with E-state index < -0.39 is 5.82 Å². The van der Waals surface area contributed by atoms with Gasteiger partial charge >= 0.3 is 0 Å². The lowest BCUT2D eigenvalue weighted by atomic mass is 10.3. The maximum atomic E-state index is 13.3.